The van der Waals surface area contributed by atoms with Crippen molar-refractivity contribution in [1.29, 1.82) is 0 Å². The first-order chi connectivity index (χ1) is 29.1. The number of hydrogen-bond acceptors (Lipinski definition) is 10. The van der Waals surface area contributed by atoms with Crippen LogP contribution in [0.25, 0.3) is 0 Å². The van der Waals surface area contributed by atoms with Crippen molar-refractivity contribution in [2.45, 2.75) is 95.0 Å². The van der Waals surface area contributed by atoms with Crippen molar-refractivity contribution in [2.75, 3.05) is 45.8 Å². The van der Waals surface area contributed by atoms with Crippen LogP contribution in [0.2, 0.25) is 0 Å². The van der Waals surface area contributed by atoms with E-state index in [-0.39, 0.29) is 62.6 Å². The van der Waals surface area contributed by atoms with Gasteiger partial charge in [-0.3, -0.25) is 0 Å². The summed E-state index contributed by atoms with van der Waals surface area (Å²) in [4.78, 5) is 23.1. The monoisotopic (exact) mass is 840 g/mol. The van der Waals surface area contributed by atoms with E-state index in [1.54, 1.807) is 29.8 Å². The van der Waals surface area contributed by atoms with Crippen LogP contribution in [0.15, 0.2) is 113 Å². The number of oxime groups is 1. The quantitative estimate of drug-likeness (QED) is 0.0468. The fourth-order valence-electron chi connectivity index (χ4n) is 8.92. The molecule has 1 fully saturated rings. The molecule has 11 heteroatoms. The Bertz CT molecular complexity index is 1900. The van der Waals surface area contributed by atoms with E-state index in [4.69, 9.17) is 28.9 Å². The molecule has 10 nitrogen and oxygen atoms in total. The summed E-state index contributed by atoms with van der Waals surface area (Å²) < 4.78 is 26.7. The highest BCUT2D eigenvalue weighted by Crippen LogP contribution is 2.62. The van der Waals surface area contributed by atoms with Crippen molar-refractivity contribution in [3.05, 3.63) is 114 Å². The molecule has 1 amide bonds. The number of unbranched alkanes of at least 4 members (excludes halogenated alkanes) is 2. The summed E-state index contributed by atoms with van der Waals surface area (Å²) in [5.41, 5.74) is 3.48. The maximum Gasteiger partial charge on any atom is 0.410 e. The number of amides is 1. The van der Waals surface area contributed by atoms with Gasteiger partial charge in [-0.15, -0.1) is 18.3 Å². The Balaban J connectivity index is 1.48. The number of hydrogen-bond donors (Lipinski definition) is 2. The molecular weight excluding hydrogens is 777 g/mol. The number of rotatable bonds is 21. The number of nitrogens with zero attached hydrogens (tertiary/aromatic N) is 2. The van der Waals surface area contributed by atoms with E-state index in [1.807, 2.05) is 81.4 Å². The molecule has 6 rings (SSSR count). The van der Waals surface area contributed by atoms with Crippen molar-refractivity contribution in [2.24, 2.45) is 28.3 Å². The normalized spacial score (nSPS) is 23.7. The van der Waals surface area contributed by atoms with Gasteiger partial charge >= 0.3 is 6.09 Å². The first-order valence-electron chi connectivity index (χ1n) is 21.5. The lowest BCUT2D eigenvalue weighted by Crippen LogP contribution is -2.69. The molecule has 324 valence electrons. The number of carbonyl (C=O) groups is 1. The summed E-state index contributed by atoms with van der Waals surface area (Å²) in [6, 6.07) is 25.6. The Morgan fingerprint density at radius 1 is 1.00 bits per heavy atom. The molecule has 0 aromatic heterocycles. The second kappa shape index (κ2) is 21.5. The number of aliphatic hydroxyl groups is 2. The third-order valence-corrected chi connectivity index (χ3v) is 12.6. The van der Waals surface area contributed by atoms with E-state index < -0.39 is 23.8 Å². The van der Waals surface area contributed by atoms with Crippen molar-refractivity contribution >= 4 is 23.6 Å². The molecule has 0 spiro atoms. The van der Waals surface area contributed by atoms with Gasteiger partial charge in [0.1, 0.15) is 24.1 Å². The van der Waals surface area contributed by atoms with Gasteiger partial charge in [-0.1, -0.05) is 99.5 Å². The second-order valence-corrected chi connectivity index (χ2v) is 18.4. The maximum absolute atomic E-state index is 14.1. The van der Waals surface area contributed by atoms with Gasteiger partial charge in [-0.2, -0.15) is 0 Å². The fraction of sp³-hybridized carbons (Fsp3) is 0.510. The summed E-state index contributed by atoms with van der Waals surface area (Å²) in [6.07, 6.45) is 8.65. The molecule has 0 bridgehead atoms. The highest BCUT2D eigenvalue weighted by molar-refractivity contribution is 7.99. The predicted molar refractivity (Wildman–Crippen MR) is 237 cm³/mol. The van der Waals surface area contributed by atoms with Gasteiger partial charge in [0.15, 0.2) is 0 Å². The Hall–Kier alpha value is -4.29. The van der Waals surface area contributed by atoms with E-state index >= 15 is 0 Å². The number of thioether (sulfide) groups is 1. The van der Waals surface area contributed by atoms with E-state index in [9.17, 15) is 15.0 Å². The zero-order valence-electron chi connectivity index (χ0n) is 35.8. The molecule has 3 aromatic carbocycles. The molecule has 1 aliphatic heterocycles. The van der Waals surface area contributed by atoms with Crippen LogP contribution in [0, 0.1) is 23.2 Å². The van der Waals surface area contributed by atoms with Gasteiger partial charge in [-0.05, 0) is 84.4 Å². The summed E-state index contributed by atoms with van der Waals surface area (Å²) in [5, 5.41) is 24.7. The van der Waals surface area contributed by atoms with E-state index in [1.165, 1.54) is 4.90 Å². The number of benzene rings is 3. The van der Waals surface area contributed by atoms with Crippen LogP contribution in [-0.2, 0) is 20.9 Å². The molecule has 60 heavy (non-hydrogen) atoms. The largest absolute Gasteiger partial charge is 0.493 e. The van der Waals surface area contributed by atoms with E-state index in [2.05, 4.69) is 30.9 Å². The van der Waals surface area contributed by atoms with Crippen molar-refractivity contribution < 1.29 is 38.8 Å². The van der Waals surface area contributed by atoms with Gasteiger partial charge in [0.05, 0.1) is 31.5 Å². The van der Waals surface area contributed by atoms with Crippen LogP contribution in [0.5, 0.6) is 11.5 Å². The molecule has 0 saturated heterocycles. The van der Waals surface area contributed by atoms with Gasteiger partial charge in [-0.25, -0.2) is 4.79 Å². The van der Waals surface area contributed by atoms with Gasteiger partial charge in [0.25, 0.3) is 0 Å². The number of likely N-dealkylation sites (N-methyl/N-ethyl adjacent to an activating group) is 1. The maximum atomic E-state index is 14.1. The molecule has 2 N–H and O–H groups in total. The smallest absolute Gasteiger partial charge is 0.410 e. The average molecular weight is 841 g/mol. The molecule has 1 saturated carbocycles. The molecule has 6 atom stereocenters. The summed E-state index contributed by atoms with van der Waals surface area (Å²) in [7, 11) is 1.75. The lowest BCUT2D eigenvalue weighted by atomic mass is 9.55. The number of aliphatic hydroxyl groups excluding tert-OH is 2. The van der Waals surface area contributed by atoms with E-state index in [0.29, 0.717) is 25.2 Å². The number of ether oxygens (including phenoxy) is 4. The van der Waals surface area contributed by atoms with Crippen LogP contribution >= 0.6 is 11.8 Å². The van der Waals surface area contributed by atoms with Crippen LogP contribution in [0.4, 0.5) is 4.79 Å². The van der Waals surface area contributed by atoms with Gasteiger partial charge in [0.2, 0.25) is 5.79 Å². The highest BCUT2D eigenvalue weighted by Gasteiger charge is 2.65. The first-order valence-corrected chi connectivity index (χ1v) is 22.5. The number of carbonyl (C=O) groups excluding carboxylic acids is 1. The zero-order valence-corrected chi connectivity index (χ0v) is 36.6. The summed E-state index contributed by atoms with van der Waals surface area (Å²) in [5.74, 6) is 0.508. The Morgan fingerprint density at radius 3 is 2.42 bits per heavy atom. The zero-order chi connectivity index (χ0) is 42.5. The lowest BCUT2D eigenvalue weighted by Gasteiger charge is -2.59. The standard InChI is InChI=1S/C49H64N2O8S/c1-6-27-57-49-44(51(5)47(54)56-34-48(2,3)4)32-42(50-58-33-35-17-9-7-10-18-35)40-30-36(19-13-15-25-52)39(22-14-16-26-53)45(46(40)49)41-31-37(23-24-43(41)59-49)55-28-29-60-38-20-11-8-12-21-38/h6-12,17-18,20-21,23-24,30-31,36,39,44-46,52-53H,1,13-16,19,22,25-29,32-34H2,2-5H3/t36-,39+,44-,45+,46+,49+/m0/s1. The lowest BCUT2D eigenvalue weighted by molar-refractivity contribution is -0.253. The minimum Gasteiger partial charge on any atom is -0.493 e. The predicted octanol–water partition coefficient (Wildman–Crippen LogP) is 9.81. The SMILES string of the molecule is C=CCO[C@@]12Oc3ccc(OCCSc4ccccc4)cc3[C@H]3[C@H](CCCCO)[C@@H](CCCCO)C=C(C(=NOCc4ccccc4)C[C@@H]1N(C)C(=O)OCC(C)(C)C)[C@H]32. The van der Waals surface area contributed by atoms with Crippen LogP contribution < -0.4 is 9.47 Å². The van der Waals surface area contributed by atoms with Crippen LogP contribution in [0.1, 0.15) is 82.8 Å². The Morgan fingerprint density at radius 2 is 1.72 bits per heavy atom. The number of fused-ring (bicyclic) bond motifs is 2. The molecular formula is C49H64N2O8S. The Kier molecular flexibility index (Phi) is 16.2. The molecule has 0 radical (unpaired) electrons. The van der Waals surface area contributed by atoms with Crippen LogP contribution in [0.3, 0.4) is 0 Å². The molecule has 3 aromatic rings. The van der Waals surface area contributed by atoms with E-state index in [0.717, 1.165) is 59.6 Å². The van der Waals surface area contributed by atoms with Crippen molar-refractivity contribution in [3.8, 4) is 11.5 Å². The van der Waals surface area contributed by atoms with Gasteiger partial charge in [0, 0.05) is 48.8 Å². The summed E-state index contributed by atoms with van der Waals surface area (Å²) in [6.45, 7) is 11.6. The van der Waals surface area contributed by atoms with Crippen LogP contribution in [-0.4, -0.2) is 84.6 Å². The Labute approximate surface area is 361 Å². The average Bonchev–Trinajstić information content (AvgIpc) is 3.25. The minimum atomic E-state index is -1.36. The summed E-state index contributed by atoms with van der Waals surface area (Å²) >= 11 is 1.75. The van der Waals surface area contributed by atoms with Crippen molar-refractivity contribution in [3.63, 3.8) is 0 Å². The molecule has 1 heterocycles. The second-order valence-electron chi connectivity index (χ2n) is 17.3. The number of allylic oxidation sites excluding steroid dienone is 1. The van der Waals surface area contributed by atoms with Gasteiger partial charge < -0.3 is 38.9 Å². The molecule has 2 aliphatic carbocycles. The highest BCUT2D eigenvalue weighted by atomic mass is 32.2. The molecule has 3 aliphatic rings. The third-order valence-electron chi connectivity index (χ3n) is 11.6. The third kappa shape index (κ3) is 11.1. The molecule has 0 unspecified atom stereocenters. The topological polar surface area (TPSA) is 119 Å². The van der Waals surface area contributed by atoms with Crippen molar-refractivity contribution in [1.82, 2.24) is 4.90 Å². The minimum absolute atomic E-state index is 0.102. The fourth-order valence-corrected chi connectivity index (χ4v) is 9.67. The first kappa shape index (κ1) is 45.2.